The number of fused-ring (bicyclic) bond motifs is 1. The van der Waals surface area contributed by atoms with Crippen LogP contribution in [0.2, 0.25) is 0 Å². The number of anilines is 1. The minimum Gasteiger partial charge on any atom is -0.393 e. The molecule has 0 saturated heterocycles. The molecule has 1 aromatic heterocycles. The molecule has 0 aliphatic rings. The summed E-state index contributed by atoms with van der Waals surface area (Å²) in [7, 11) is 2.00. The van der Waals surface area contributed by atoms with Crippen LogP contribution in [-0.2, 0) is 0 Å². The number of hydrogen-bond donors (Lipinski definition) is 1. The van der Waals surface area contributed by atoms with Crippen LogP contribution >= 0.6 is 28.1 Å². The smallest absolute Gasteiger partial charge is 0.136 e. The van der Waals surface area contributed by atoms with Gasteiger partial charge in [-0.3, -0.25) is 0 Å². The Hall–Kier alpha value is -1.20. The van der Waals surface area contributed by atoms with Crippen LogP contribution in [0.1, 0.15) is 6.42 Å². The SMILES string of the molecule is CN(CCC(N)=S)c1nccc2c(Br)cccc12. The largest absolute Gasteiger partial charge is 0.393 e. The van der Waals surface area contributed by atoms with Gasteiger partial charge in [-0.15, -0.1) is 0 Å². The number of pyridine rings is 1. The van der Waals surface area contributed by atoms with E-state index < -0.39 is 0 Å². The fraction of sp³-hybridized carbons (Fsp3) is 0.231. The van der Waals surface area contributed by atoms with E-state index >= 15 is 0 Å². The number of hydrogen-bond acceptors (Lipinski definition) is 3. The maximum absolute atomic E-state index is 5.53. The van der Waals surface area contributed by atoms with Crippen molar-refractivity contribution in [2.45, 2.75) is 6.42 Å². The van der Waals surface area contributed by atoms with Crippen LogP contribution < -0.4 is 10.6 Å². The van der Waals surface area contributed by atoms with E-state index in [1.807, 2.05) is 31.4 Å². The zero-order chi connectivity index (χ0) is 13.1. The van der Waals surface area contributed by atoms with Gasteiger partial charge in [0.2, 0.25) is 0 Å². The number of nitrogens with zero attached hydrogens (tertiary/aromatic N) is 2. The highest BCUT2D eigenvalue weighted by molar-refractivity contribution is 9.10. The molecule has 3 nitrogen and oxygen atoms in total. The van der Waals surface area contributed by atoms with Crippen molar-refractivity contribution in [2.24, 2.45) is 5.73 Å². The first-order chi connectivity index (χ1) is 8.59. The topological polar surface area (TPSA) is 42.1 Å². The first-order valence-corrected chi connectivity index (χ1v) is 6.82. The Labute approximate surface area is 120 Å². The second-order valence-electron chi connectivity index (χ2n) is 4.11. The lowest BCUT2D eigenvalue weighted by Gasteiger charge is -2.19. The van der Waals surface area contributed by atoms with E-state index in [-0.39, 0.29) is 0 Å². The molecule has 0 radical (unpaired) electrons. The summed E-state index contributed by atoms with van der Waals surface area (Å²) in [5.74, 6) is 0.949. The molecule has 0 fully saturated rings. The van der Waals surface area contributed by atoms with Crippen molar-refractivity contribution in [2.75, 3.05) is 18.5 Å². The van der Waals surface area contributed by atoms with Crippen molar-refractivity contribution in [3.8, 4) is 0 Å². The lowest BCUT2D eigenvalue weighted by atomic mass is 10.1. The van der Waals surface area contributed by atoms with E-state index in [2.05, 4.69) is 31.9 Å². The molecule has 0 saturated carbocycles. The second kappa shape index (κ2) is 5.63. The van der Waals surface area contributed by atoms with Crippen molar-refractivity contribution in [1.29, 1.82) is 0 Å². The third kappa shape index (κ3) is 2.79. The molecule has 0 aliphatic heterocycles. The standard InChI is InChI=1S/C13H14BrN3S/c1-17(8-6-12(15)18)13-10-3-2-4-11(14)9(10)5-7-16-13/h2-5,7H,6,8H2,1H3,(H2,15,18). The predicted octanol–water partition coefficient (Wildman–Crippen LogP) is 3.11. The van der Waals surface area contributed by atoms with E-state index in [0.29, 0.717) is 11.4 Å². The number of halogens is 1. The van der Waals surface area contributed by atoms with Crippen LogP contribution in [0.5, 0.6) is 0 Å². The van der Waals surface area contributed by atoms with E-state index in [9.17, 15) is 0 Å². The summed E-state index contributed by atoms with van der Waals surface area (Å²) in [6, 6.07) is 8.12. The van der Waals surface area contributed by atoms with Gasteiger partial charge in [0, 0.05) is 41.5 Å². The predicted molar refractivity (Wildman–Crippen MR) is 84.1 cm³/mol. The highest BCUT2D eigenvalue weighted by Gasteiger charge is 2.09. The van der Waals surface area contributed by atoms with Crippen LogP contribution in [0.15, 0.2) is 34.9 Å². The van der Waals surface area contributed by atoms with E-state index in [0.717, 1.165) is 27.6 Å². The van der Waals surface area contributed by atoms with E-state index in [1.165, 1.54) is 0 Å². The molecule has 2 rings (SSSR count). The molecule has 5 heteroatoms. The third-order valence-corrected chi connectivity index (χ3v) is 3.68. The lowest BCUT2D eigenvalue weighted by molar-refractivity contribution is 0.905. The number of nitrogens with two attached hydrogens (primary N) is 1. The van der Waals surface area contributed by atoms with Crippen molar-refractivity contribution in [3.63, 3.8) is 0 Å². The normalized spacial score (nSPS) is 10.6. The molecule has 2 N–H and O–H groups in total. The maximum Gasteiger partial charge on any atom is 0.136 e. The summed E-state index contributed by atoms with van der Waals surface area (Å²) in [5, 5.41) is 2.28. The van der Waals surface area contributed by atoms with Gasteiger partial charge in [0.1, 0.15) is 5.82 Å². The van der Waals surface area contributed by atoms with Gasteiger partial charge >= 0.3 is 0 Å². The minimum atomic E-state index is 0.531. The van der Waals surface area contributed by atoms with Gasteiger partial charge in [-0.05, 0) is 12.1 Å². The Morgan fingerprint density at radius 1 is 1.39 bits per heavy atom. The molecule has 94 valence electrons. The molecule has 0 aliphatic carbocycles. The maximum atomic E-state index is 5.53. The fourth-order valence-electron chi connectivity index (χ4n) is 1.84. The first-order valence-electron chi connectivity index (χ1n) is 5.62. The lowest BCUT2D eigenvalue weighted by Crippen LogP contribution is -2.24. The van der Waals surface area contributed by atoms with Crippen LogP contribution in [-0.4, -0.2) is 23.6 Å². The average Bonchev–Trinajstić information content (AvgIpc) is 2.36. The summed E-state index contributed by atoms with van der Waals surface area (Å²) in [6.07, 6.45) is 2.51. The average molecular weight is 324 g/mol. The molecule has 0 atom stereocenters. The first kappa shape index (κ1) is 13.2. The van der Waals surface area contributed by atoms with Crippen LogP contribution in [0.4, 0.5) is 5.82 Å². The molecular weight excluding hydrogens is 310 g/mol. The molecule has 0 spiro atoms. The molecular formula is C13H14BrN3S. The number of benzene rings is 1. The minimum absolute atomic E-state index is 0.531. The number of rotatable bonds is 4. The highest BCUT2D eigenvalue weighted by atomic mass is 79.9. The van der Waals surface area contributed by atoms with Gasteiger partial charge in [-0.25, -0.2) is 4.98 Å². The number of aromatic nitrogens is 1. The Kier molecular flexibility index (Phi) is 4.14. The second-order valence-corrected chi connectivity index (χ2v) is 5.49. The van der Waals surface area contributed by atoms with Crippen LogP contribution in [0.3, 0.4) is 0 Å². The quantitative estimate of drug-likeness (QED) is 0.878. The van der Waals surface area contributed by atoms with Crippen LogP contribution in [0.25, 0.3) is 10.8 Å². The van der Waals surface area contributed by atoms with Gasteiger partial charge in [0.15, 0.2) is 0 Å². The Balaban J connectivity index is 2.38. The van der Waals surface area contributed by atoms with Gasteiger partial charge in [0.25, 0.3) is 0 Å². The van der Waals surface area contributed by atoms with Gasteiger partial charge in [0.05, 0.1) is 4.99 Å². The van der Waals surface area contributed by atoms with Gasteiger partial charge in [-0.1, -0.05) is 40.3 Å². The molecule has 1 aromatic carbocycles. The van der Waals surface area contributed by atoms with Crippen LogP contribution in [0, 0.1) is 0 Å². The van der Waals surface area contributed by atoms with Gasteiger partial charge < -0.3 is 10.6 Å². The van der Waals surface area contributed by atoms with Crippen molar-refractivity contribution in [1.82, 2.24) is 4.98 Å². The molecule has 0 unspecified atom stereocenters. The third-order valence-electron chi connectivity index (χ3n) is 2.79. The Morgan fingerprint density at radius 3 is 2.89 bits per heavy atom. The summed E-state index contributed by atoms with van der Waals surface area (Å²) >= 11 is 8.46. The molecule has 2 aromatic rings. The van der Waals surface area contributed by atoms with Gasteiger partial charge in [-0.2, -0.15) is 0 Å². The van der Waals surface area contributed by atoms with E-state index in [4.69, 9.17) is 18.0 Å². The number of thiocarbonyl (C=S) groups is 1. The zero-order valence-electron chi connectivity index (χ0n) is 10.1. The van der Waals surface area contributed by atoms with Crippen molar-refractivity contribution in [3.05, 3.63) is 34.9 Å². The molecule has 0 amide bonds. The molecule has 0 bridgehead atoms. The summed E-state index contributed by atoms with van der Waals surface area (Å²) < 4.78 is 1.08. The Bertz CT molecular complexity index is 585. The fourth-order valence-corrected chi connectivity index (χ4v) is 2.43. The summed E-state index contributed by atoms with van der Waals surface area (Å²) in [4.78, 5) is 7.05. The summed E-state index contributed by atoms with van der Waals surface area (Å²) in [5.41, 5.74) is 5.53. The molecule has 1 heterocycles. The van der Waals surface area contributed by atoms with Crippen molar-refractivity contribution >= 4 is 49.7 Å². The monoisotopic (exact) mass is 323 g/mol. The Morgan fingerprint density at radius 2 is 2.17 bits per heavy atom. The summed E-state index contributed by atoms with van der Waals surface area (Å²) in [6.45, 7) is 0.772. The highest BCUT2D eigenvalue weighted by Crippen LogP contribution is 2.29. The molecule has 18 heavy (non-hydrogen) atoms. The zero-order valence-corrected chi connectivity index (χ0v) is 12.5. The van der Waals surface area contributed by atoms with Crippen molar-refractivity contribution < 1.29 is 0 Å². The van der Waals surface area contributed by atoms with E-state index in [1.54, 1.807) is 0 Å².